The average Bonchev–Trinajstić information content (AvgIpc) is 2.95. The van der Waals surface area contributed by atoms with E-state index in [9.17, 15) is 9.50 Å². The van der Waals surface area contributed by atoms with Crippen LogP contribution in [0.4, 0.5) is 4.39 Å². The monoisotopic (exact) mass is 292 g/mol. The molecule has 1 saturated heterocycles. The minimum atomic E-state index is -1.08. The van der Waals surface area contributed by atoms with Crippen LogP contribution in [-0.4, -0.2) is 28.1 Å². The number of hydrogen-bond donors (Lipinski definition) is 1. The van der Waals surface area contributed by atoms with Crippen molar-refractivity contribution in [3.8, 4) is 0 Å². The molecular weight excluding hydrogens is 275 g/mol. The van der Waals surface area contributed by atoms with Gasteiger partial charge >= 0.3 is 0 Å². The minimum Gasteiger partial charge on any atom is -0.385 e. The summed E-state index contributed by atoms with van der Waals surface area (Å²) in [5.41, 5.74) is -0.750. The van der Waals surface area contributed by atoms with Gasteiger partial charge in [0.1, 0.15) is 0 Å². The third-order valence-corrected chi connectivity index (χ3v) is 4.76. The van der Waals surface area contributed by atoms with E-state index in [4.69, 9.17) is 0 Å². The maximum absolute atomic E-state index is 13.7. The number of hydrogen-bond acceptors (Lipinski definition) is 4. The first-order chi connectivity index (χ1) is 9.67. The predicted octanol–water partition coefficient (Wildman–Crippen LogP) is 2.77. The Morgan fingerprint density at radius 3 is 2.75 bits per heavy atom. The molecular formula is C15H17FN2OS. The first-order valence-electron chi connectivity index (χ1n) is 6.75. The lowest BCUT2D eigenvalue weighted by Gasteiger charge is -2.38. The molecule has 0 saturated carbocycles. The Morgan fingerprint density at radius 2 is 2.10 bits per heavy atom. The van der Waals surface area contributed by atoms with Crippen molar-refractivity contribution < 1.29 is 9.50 Å². The number of rotatable bonds is 3. The van der Waals surface area contributed by atoms with E-state index in [1.54, 1.807) is 23.5 Å². The van der Waals surface area contributed by atoms with Gasteiger partial charge < -0.3 is 5.11 Å². The van der Waals surface area contributed by atoms with Crippen molar-refractivity contribution in [3.63, 3.8) is 0 Å². The molecule has 3 nitrogen and oxygen atoms in total. The number of thiophene rings is 1. The average molecular weight is 292 g/mol. The third kappa shape index (κ3) is 2.75. The van der Waals surface area contributed by atoms with Crippen molar-refractivity contribution in [1.82, 2.24) is 9.88 Å². The summed E-state index contributed by atoms with van der Waals surface area (Å²) >= 11 is 1.74. The van der Waals surface area contributed by atoms with Crippen LogP contribution in [0.15, 0.2) is 35.8 Å². The summed E-state index contributed by atoms with van der Waals surface area (Å²) in [6.07, 6.45) is 2.50. The molecule has 1 N–H and O–H groups in total. The first-order valence-corrected chi connectivity index (χ1v) is 7.63. The van der Waals surface area contributed by atoms with Crippen LogP contribution in [0.1, 0.15) is 23.3 Å². The van der Waals surface area contributed by atoms with Crippen molar-refractivity contribution >= 4 is 11.3 Å². The second-order valence-electron chi connectivity index (χ2n) is 5.23. The smallest absolute Gasteiger partial charge is 0.218 e. The van der Waals surface area contributed by atoms with Gasteiger partial charge in [-0.25, -0.2) is 4.98 Å². The molecule has 106 valence electrons. The van der Waals surface area contributed by atoms with Gasteiger partial charge in [-0.05, 0) is 30.4 Å². The molecule has 20 heavy (non-hydrogen) atoms. The molecule has 2 aromatic rings. The highest BCUT2D eigenvalue weighted by Crippen LogP contribution is 2.34. The van der Waals surface area contributed by atoms with Crippen molar-refractivity contribution in [2.75, 3.05) is 13.1 Å². The molecule has 2 aromatic heterocycles. The fourth-order valence-electron chi connectivity index (χ4n) is 2.71. The van der Waals surface area contributed by atoms with Crippen molar-refractivity contribution in [3.05, 3.63) is 52.2 Å². The molecule has 3 heterocycles. The van der Waals surface area contributed by atoms with Crippen LogP contribution in [0.3, 0.4) is 0 Å². The SMILES string of the molecule is OC1(c2cccnc2F)CCN(Cc2cccs2)CC1. The lowest BCUT2D eigenvalue weighted by molar-refractivity contribution is -0.0306. The number of pyridine rings is 1. The van der Waals surface area contributed by atoms with Gasteiger partial charge in [-0.1, -0.05) is 12.1 Å². The van der Waals surface area contributed by atoms with Crippen LogP contribution < -0.4 is 0 Å². The highest BCUT2D eigenvalue weighted by atomic mass is 32.1. The Morgan fingerprint density at radius 1 is 1.30 bits per heavy atom. The molecule has 1 fully saturated rings. The number of nitrogens with zero attached hydrogens (tertiary/aromatic N) is 2. The van der Waals surface area contributed by atoms with Crippen molar-refractivity contribution in [2.24, 2.45) is 0 Å². The van der Waals surface area contributed by atoms with Gasteiger partial charge in [0, 0.05) is 36.3 Å². The van der Waals surface area contributed by atoms with E-state index < -0.39 is 11.5 Å². The fraction of sp³-hybridized carbons (Fsp3) is 0.400. The second-order valence-corrected chi connectivity index (χ2v) is 6.26. The van der Waals surface area contributed by atoms with Crippen LogP contribution in [-0.2, 0) is 12.1 Å². The highest BCUT2D eigenvalue weighted by Gasteiger charge is 2.36. The van der Waals surface area contributed by atoms with Crippen molar-refractivity contribution in [1.29, 1.82) is 0 Å². The van der Waals surface area contributed by atoms with Crippen LogP contribution in [0, 0.1) is 5.95 Å². The Kier molecular flexibility index (Phi) is 3.83. The van der Waals surface area contributed by atoms with Crippen molar-refractivity contribution in [2.45, 2.75) is 25.0 Å². The molecule has 3 rings (SSSR count). The Hall–Kier alpha value is -1.30. The van der Waals surface area contributed by atoms with Gasteiger partial charge in [0.05, 0.1) is 5.60 Å². The van der Waals surface area contributed by atoms with Gasteiger partial charge in [0.2, 0.25) is 5.95 Å². The van der Waals surface area contributed by atoms with Crippen LogP contribution in [0.25, 0.3) is 0 Å². The lowest BCUT2D eigenvalue weighted by Crippen LogP contribution is -2.42. The lowest BCUT2D eigenvalue weighted by atomic mass is 9.85. The molecule has 0 aliphatic carbocycles. The van der Waals surface area contributed by atoms with E-state index in [1.807, 2.05) is 6.07 Å². The number of piperidine rings is 1. The first kappa shape index (κ1) is 13.7. The van der Waals surface area contributed by atoms with Gasteiger partial charge in [0.25, 0.3) is 0 Å². The molecule has 5 heteroatoms. The van der Waals surface area contributed by atoms with Crippen LogP contribution >= 0.6 is 11.3 Å². The van der Waals surface area contributed by atoms with E-state index in [-0.39, 0.29) is 0 Å². The molecule has 0 spiro atoms. The Labute approximate surface area is 121 Å². The van der Waals surface area contributed by atoms with E-state index in [0.29, 0.717) is 18.4 Å². The molecule has 0 bridgehead atoms. The Bertz CT molecular complexity index is 565. The maximum Gasteiger partial charge on any atom is 0.218 e. The minimum absolute atomic E-state index is 0.329. The normalized spacial score (nSPS) is 19.1. The summed E-state index contributed by atoms with van der Waals surface area (Å²) in [6.45, 7) is 2.44. The van der Waals surface area contributed by atoms with Gasteiger partial charge in [-0.2, -0.15) is 4.39 Å². The summed E-state index contributed by atoms with van der Waals surface area (Å²) in [6, 6.07) is 7.48. The summed E-state index contributed by atoms with van der Waals surface area (Å²) in [7, 11) is 0. The standard InChI is InChI=1S/C15H17FN2OS/c16-14-13(4-1-7-17-14)15(19)5-8-18(9-6-15)11-12-3-2-10-20-12/h1-4,7,10,19H,5-6,8-9,11H2. The van der Waals surface area contributed by atoms with Crippen LogP contribution in [0.2, 0.25) is 0 Å². The zero-order chi connectivity index (χ0) is 14.0. The van der Waals surface area contributed by atoms with E-state index in [0.717, 1.165) is 19.6 Å². The summed E-state index contributed by atoms with van der Waals surface area (Å²) in [4.78, 5) is 7.26. The third-order valence-electron chi connectivity index (χ3n) is 3.90. The quantitative estimate of drug-likeness (QED) is 0.884. The second kappa shape index (κ2) is 5.60. The largest absolute Gasteiger partial charge is 0.385 e. The molecule has 0 unspecified atom stereocenters. The highest BCUT2D eigenvalue weighted by molar-refractivity contribution is 7.09. The van der Waals surface area contributed by atoms with Gasteiger partial charge in [-0.3, -0.25) is 4.90 Å². The number of aromatic nitrogens is 1. The fourth-order valence-corrected chi connectivity index (χ4v) is 3.45. The van der Waals surface area contributed by atoms with E-state index >= 15 is 0 Å². The van der Waals surface area contributed by atoms with E-state index in [2.05, 4.69) is 21.3 Å². The topological polar surface area (TPSA) is 36.4 Å². The molecule has 0 aromatic carbocycles. The van der Waals surface area contributed by atoms with E-state index in [1.165, 1.54) is 11.1 Å². The maximum atomic E-state index is 13.7. The summed E-state index contributed by atoms with van der Waals surface area (Å²) < 4.78 is 13.7. The molecule has 0 atom stereocenters. The summed E-state index contributed by atoms with van der Waals surface area (Å²) in [5, 5.41) is 12.7. The van der Waals surface area contributed by atoms with Gasteiger partial charge in [-0.15, -0.1) is 11.3 Å². The van der Waals surface area contributed by atoms with Gasteiger partial charge in [0.15, 0.2) is 0 Å². The molecule has 1 aliphatic heterocycles. The zero-order valence-corrected chi connectivity index (χ0v) is 11.9. The molecule has 0 radical (unpaired) electrons. The number of halogens is 1. The number of likely N-dealkylation sites (tertiary alicyclic amines) is 1. The molecule has 0 amide bonds. The molecule has 1 aliphatic rings. The number of aliphatic hydroxyl groups is 1. The Balaban J connectivity index is 1.67. The summed E-state index contributed by atoms with van der Waals surface area (Å²) in [5.74, 6) is -0.554. The predicted molar refractivity (Wildman–Crippen MR) is 76.9 cm³/mol. The zero-order valence-electron chi connectivity index (χ0n) is 11.1. The van der Waals surface area contributed by atoms with Crippen LogP contribution in [0.5, 0.6) is 0 Å².